The molecule has 82 valence electrons. The van der Waals surface area contributed by atoms with Crippen molar-refractivity contribution < 1.29 is 4.79 Å². The standard InChI is InChI=1S/C10H14ClN3O/c1-6(4-10(13)15)14-9-3-2-7(11)5-8(9)12/h2-3,5-6,14H,4,12H2,1H3,(H2,13,15). The van der Waals surface area contributed by atoms with Crippen molar-refractivity contribution in [3.05, 3.63) is 23.2 Å². The van der Waals surface area contributed by atoms with Crippen LogP contribution < -0.4 is 16.8 Å². The summed E-state index contributed by atoms with van der Waals surface area (Å²) in [6.45, 7) is 1.86. The molecular formula is C10H14ClN3O. The molecule has 0 heterocycles. The SMILES string of the molecule is CC(CC(N)=O)Nc1ccc(Cl)cc1N. The maximum Gasteiger partial charge on any atom is 0.219 e. The number of carbonyl (C=O) groups is 1. The van der Waals surface area contributed by atoms with Crippen molar-refractivity contribution >= 4 is 28.9 Å². The molecular weight excluding hydrogens is 214 g/mol. The van der Waals surface area contributed by atoms with Crippen molar-refractivity contribution in [3.63, 3.8) is 0 Å². The second-order valence-corrected chi connectivity index (χ2v) is 3.88. The number of amides is 1. The van der Waals surface area contributed by atoms with Gasteiger partial charge in [-0.1, -0.05) is 11.6 Å². The number of benzene rings is 1. The van der Waals surface area contributed by atoms with E-state index >= 15 is 0 Å². The molecule has 15 heavy (non-hydrogen) atoms. The number of hydrogen-bond donors (Lipinski definition) is 3. The Morgan fingerprint density at radius 2 is 2.27 bits per heavy atom. The molecule has 1 aromatic rings. The van der Waals surface area contributed by atoms with E-state index in [0.29, 0.717) is 10.7 Å². The molecule has 0 saturated carbocycles. The van der Waals surface area contributed by atoms with E-state index in [1.807, 2.05) is 6.92 Å². The predicted molar refractivity (Wildman–Crippen MR) is 62.8 cm³/mol. The summed E-state index contributed by atoms with van der Waals surface area (Å²) < 4.78 is 0. The molecule has 0 aromatic heterocycles. The highest BCUT2D eigenvalue weighted by molar-refractivity contribution is 6.31. The number of carbonyl (C=O) groups excluding carboxylic acids is 1. The Balaban J connectivity index is 2.68. The molecule has 0 bridgehead atoms. The van der Waals surface area contributed by atoms with Crippen LogP contribution in [0.4, 0.5) is 11.4 Å². The van der Waals surface area contributed by atoms with Gasteiger partial charge in [0.2, 0.25) is 5.91 Å². The molecule has 1 rings (SSSR count). The van der Waals surface area contributed by atoms with Gasteiger partial charge < -0.3 is 16.8 Å². The van der Waals surface area contributed by atoms with Gasteiger partial charge in [-0.05, 0) is 25.1 Å². The van der Waals surface area contributed by atoms with Crippen LogP contribution in [0.15, 0.2) is 18.2 Å². The molecule has 1 unspecified atom stereocenters. The molecule has 1 amide bonds. The van der Waals surface area contributed by atoms with Gasteiger partial charge in [0.15, 0.2) is 0 Å². The number of rotatable bonds is 4. The van der Waals surface area contributed by atoms with Crippen molar-refractivity contribution in [2.75, 3.05) is 11.1 Å². The molecule has 5 N–H and O–H groups in total. The van der Waals surface area contributed by atoms with Crippen LogP contribution in [0, 0.1) is 0 Å². The second-order valence-electron chi connectivity index (χ2n) is 3.45. The number of primary amides is 1. The quantitative estimate of drug-likeness (QED) is 0.684. The van der Waals surface area contributed by atoms with Crippen LogP contribution in [0.3, 0.4) is 0 Å². The number of halogens is 1. The number of nitrogens with two attached hydrogens (primary N) is 2. The minimum atomic E-state index is -0.345. The lowest BCUT2D eigenvalue weighted by Crippen LogP contribution is -2.24. The van der Waals surface area contributed by atoms with Crippen molar-refractivity contribution in [1.29, 1.82) is 0 Å². The first-order chi connectivity index (χ1) is 6.99. The molecule has 5 heteroatoms. The molecule has 1 atom stereocenters. The van der Waals surface area contributed by atoms with Crippen LogP contribution in [0.5, 0.6) is 0 Å². The molecule has 0 aliphatic heterocycles. The van der Waals surface area contributed by atoms with Gasteiger partial charge >= 0.3 is 0 Å². The van der Waals surface area contributed by atoms with Gasteiger partial charge in [-0.15, -0.1) is 0 Å². The van der Waals surface area contributed by atoms with Gasteiger partial charge in [-0.25, -0.2) is 0 Å². The highest BCUT2D eigenvalue weighted by Crippen LogP contribution is 2.23. The normalized spacial score (nSPS) is 12.1. The average Bonchev–Trinajstić information content (AvgIpc) is 2.08. The minimum absolute atomic E-state index is 0.0500. The summed E-state index contributed by atoms with van der Waals surface area (Å²) in [5, 5.41) is 3.67. The Morgan fingerprint density at radius 1 is 1.60 bits per heavy atom. The fourth-order valence-electron chi connectivity index (χ4n) is 1.28. The summed E-state index contributed by atoms with van der Waals surface area (Å²) >= 11 is 5.76. The maximum atomic E-state index is 10.7. The van der Waals surface area contributed by atoms with E-state index in [0.717, 1.165) is 5.69 Å². The Morgan fingerprint density at radius 3 is 2.80 bits per heavy atom. The monoisotopic (exact) mass is 227 g/mol. The zero-order valence-electron chi connectivity index (χ0n) is 8.46. The zero-order chi connectivity index (χ0) is 11.4. The highest BCUT2D eigenvalue weighted by atomic mass is 35.5. The first-order valence-electron chi connectivity index (χ1n) is 4.59. The lowest BCUT2D eigenvalue weighted by Gasteiger charge is -2.15. The zero-order valence-corrected chi connectivity index (χ0v) is 9.21. The van der Waals surface area contributed by atoms with E-state index in [4.69, 9.17) is 23.1 Å². The van der Waals surface area contributed by atoms with Crippen LogP contribution in [0.1, 0.15) is 13.3 Å². The van der Waals surface area contributed by atoms with Gasteiger partial charge in [0.1, 0.15) is 0 Å². The van der Waals surface area contributed by atoms with Gasteiger partial charge in [0, 0.05) is 17.5 Å². The molecule has 0 saturated heterocycles. The minimum Gasteiger partial charge on any atom is -0.397 e. The van der Waals surface area contributed by atoms with E-state index < -0.39 is 0 Å². The number of nitrogen functional groups attached to an aromatic ring is 1. The third-order valence-electron chi connectivity index (χ3n) is 1.92. The second kappa shape index (κ2) is 4.89. The number of nitrogens with one attached hydrogen (secondary N) is 1. The van der Waals surface area contributed by atoms with Gasteiger partial charge in [0.05, 0.1) is 11.4 Å². The van der Waals surface area contributed by atoms with Crippen LogP contribution in [0.25, 0.3) is 0 Å². The Labute approximate surface area is 93.6 Å². The number of hydrogen-bond acceptors (Lipinski definition) is 3. The van der Waals surface area contributed by atoms with Crippen LogP contribution >= 0.6 is 11.6 Å². The van der Waals surface area contributed by atoms with E-state index in [2.05, 4.69) is 5.32 Å². The fourth-order valence-corrected chi connectivity index (χ4v) is 1.46. The summed E-state index contributed by atoms with van der Waals surface area (Å²) in [4.78, 5) is 10.7. The molecule has 0 spiro atoms. The molecule has 0 radical (unpaired) electrons. The predicted octanol–water partition coefficient (Wildman–Crippen LogP) is 1.60. The first-order valence-corrected chi connectivity index (χ1v) is 4.96. The van der Waals surface area contributed by atoms with Crippen LogP contribution in [-0.2, 0) is 4.79 Å². The van der Waals surface area contributed by atoms with Gasteiger partial charge in [-0.3, -0.25) is 4.79 Å². The molecule has 0 aliphatic carbocycles. The molecule has 4 nitrogen and oxygen atoms in total. The van der Waals surface area contributed by atoms with Gasteiger partial charge in [0.25, 0.3) is 0 Å². The third-order valence-corrected chi connectivity index (χ3v) is 2.16. The van der Waals surface area contributed by atoms with Crippen molar-refractivity contribution in [1.82, 2.24) is 0 Å². The highest BCUT2D eigenvalue weighted by Gasteiger charge is 2.07. The van der Waals surface area contributed by atoms with E-state index in [9.17, 15) is 4.79 Å². The summed E-state index contributed by atoms with van der Waals surface area (Å²) in [6.07, 6.45) is 0.266. The Bertz CT molecular complexity index is 368. The summed E-state index contributed by atoms with van der Waals surface area (Å²) in [5.74, 6) is -0.345. The largest absolute Gasteiger partial charge is 0.397 e. The fraction of sp³-hybridized carbons (Fsp3) is 0.300. The topological polar surface area (TPSA) is 81.1 Å². The van der Waals surface area contributed by atoms with Crippen LogP contribution in [0.2, 0.25) is 5.02 Å². The summed E-state index contributed by atoms with van der Waals surface area (Å²) in [5.41, 5.74) is 12.1. The smallest absolute Gasteiger partial charge is 0.219 e. The van der Waals surface area contributed by atoms with Crippen molar-refractivity contribution in [2.24, 2.45) is 5.73 Å². The Hall–Kier alpha value is -1.42. The van der Waals surface area contributed by atoms with E-state index in [-0.39, 0.29) is 18.4 Å². The third kappa shape index (κ3) is 3.67. The Kier molecular flexibility index (Phi) is 3.80. The molecule has 1 aromatic carbocycles. The van der Waals surface area contributed by atoms with E-state index in [1.165, 1.54) is 0 Å². The first kappa shape index (κ1) is 11.7. The van der Waals surface area contributed by atoms with Crippen molar-refractivity contribution in [2.45, 2.75) is 19.4 Å². The van der Waals surface area contributed by atoms with E-state index in [1.54, 1.807) is 18.2 Å². The average molecular weight is 228 g/mol. The summed E-state index contributed by atoms with van der Waals surface area (Å²) in [7, 11) is 0. The molecule has 0 aliphatic rings. The molecule has 0 fully saturated rings. The maximum absolute atomic E-state index is 10.7. The van der Waals surface area contributed by atoms with Gasteiger partial charge in [-0.2, -0.15) is 0 Å². The van der Waals surface area contributed by atoms with Crippen molar-refractivity contribution in [3.8, 4) is 0 Å². The number of anilines is 2. The lowest BCUT2D eigenvalue weighted by molar-refractivity contribution is -0.118. The lowest BCUT2D eigenvalue weighted by atomic mass is 10.2. The van der Waals surface area contributed by atoms with Crippen LogP contribution in [-0.4, -0.2) is 11.9 Å². The summed E-state index contributed by atoms with van der Waals surface area (Å²) in [6, 6.07) is 5.11.